The summed E-state index contributed by atoms with van der Waals surface area (Å²) in [4.78, 5) is 31.2. The molecule has 1 heterocycles. The van der Waals surface area contributed by atoms with Crippen LogP contribution < -0.4 is 5.32 Å². The lowest BCUT2D eigenvalue weighted by Crippen LogP contribution is -2.27. The minimum absolute atomic E-state index is 0.0627. The smallest absolute Gasteiger partial charge is 0.220 e. The molecule has 0 atom stereocenters. The molecule has 0 saturated carbocycles. The van der Waals surface area contributed by atoms with E-state index in [1.807, 2.05) is 32.3 Å². The van der Waals surface area contributed by atoms with Crippen LogP contribution >= 0.6 is 11.6 Å². The maximum absolute atomic E-state index is 12.2. The van der Waals surface area contributed by atoms with Gasteiger partial charge >= 0.3 is 0 Å². The van der Waals surface area contributed by atoms with Gasteiger partial charge in [-0.1, -0.05) is 23.7 Å². The topological polar surface area (TPSA) is 67.2 Å². The number of nitrogens with one attached hydrogen (secondary N) is 1. The van der Waals surface area contributed by atoms with Crippen LogP contribution in [-0.4, -0.2) is 53.3 Å². The van der Waals surface area contributed by atoms with Crippen molar-refractivity contribution < 1.29 is 9.59 Å². The van der Waals surface area contributed by atoms with Crippen LogP contribution in [0, 0.1) is 0 Å². The summed E-state index contributed by atoms with van der Waals surface area (Å²) in [5.41, 5.74) is 2.64. The van der Waals surface area contributed by atoms with Crippen LogP contribution in [0.25, 0.3) is 11.0 Å². The highest BCUT2D eigenvalue weighted by Gasteiger charge is 2.12. The van der Waals surface area contributed by atoms with Crippen molar-refractivity contribution in [3.05, 3.63) is 64.9 Å². The van der Waals surface area contributed by atoms with Crippen LogP contribution in [0.15, 0.2) is 48.5 Å². The quantitative estimate of drug-likeness (QED) is 0.503. The van der Waals surface area contributed by atoms with Crippen molar-refractivity contribution in [3.8, 4) is 0 Å². The van der Waals surface area contributed by atoms with Gasteiger partial charge in [-0.05, 0) is 50.5 Å². The van der Waals surface area contributed by atoms with Crippen LogP contribution in [-0.2, 0) is 17.8 Å². The molecule has 1 aromatic heterocycles. The summed E-state index contributed by atoms with van der Waals surface area (Å²) < 4.78 is 2.21. The summed E-state index contributed by atoms with van der Waals surface area (Å²) >= 11 is 5.84. The van der Waals surface area contributed by atoms with Crippen molar-refractivity contribution in [1.29, 1.82) is 0 Å². The number of hydrogen-bond acceptors (Lipinski definition) is 4. The van der Waals surface area contributed by atoms with E-state index in [4.69, 9.17) is 16.6 Å². The summed E-state index contributed by atoms with van der Waals surface area (Å²) in [5, 5.41) is 3.49. The zero-order chi connectivity index (χ0) is 21.5. The van der Waals surface area contributed by atoms with E-state index >= 15 is 0 Å². The molecule has 0 radical (unpaired) electrons. The summed E-state index contributed by atoms with van der Waals surface area (Å²) in [6.07, 6.45) is 0.978. The van der Waals surface area contributed by atoms with Gasteiger partial charge in [-0.3, -0.25) is 9.59 Å². The highest BCUT2D eigenvalue weighted by molar-refractivity contribution is 6.30. The van der Waals surface area contributed by atoms with Gasteiger partial charge in [0, 0.05) is 49.5 Å². The molecule has 0 bridgehead atoms. The Balaban J connectivity index is 1.52. The van der Waals surface area contributed by atoms with Crippen molar-refractivity contribution >= 4 is 34.3 Å². The van der Waals surface area contributed by atoms with E-state index in [1.54, 1.807) is 24.3 Å². The molecular weight excluding hydrogens is 400 g/mol. The zero-order valence-corrected chi connectivity index (χ0v) is 18.2. The van der Waals surface area contributed by atoms with Gasteiger partial charge in [-0.2, -0.15) is 0 Å². The Morgan fingerprint density at radius 3 is 2.53 bits per heavy atom. The number of nitrogens with zero attached hydrogens (tertiary/aromatic N) is 3. The van der Waals surface area contributed by atoms with E-state index in [9.17, 15) is 9.59 Å². The number of carbonyl (C=O) groups excluding carboxylic acids is 2. The minimum atomic E-state index is -0.131. The number of rotatable bonds is 10. The van der Waals surface area contributed by atoms with Crippen molar-refractivity contribution in [2.24, 2.45) is 0 Å². The van der Waals surface area contributed by atoms with Gasteiger partial charge in [-0.15, -0.1) is 0 Å². The molecule has 3 aromatic rings. The van der Waals surface area contributed by atoms with E-state index in [0.29, 0.717) is 23.6 Å². The van der Waals surface area contributed by atoms with Gasteiger partial charge in [0.15, 0.2) is 5.78 Å². The second kappa shape index (κ2) is 10.4. The molecular formula is C23H27ClN4O2. The number of hydrogen-bond donors (Lipinski definition) is 1. The number of carbonyl (C=O) groups is 2. The van der Waals surface area contributed by atoms with E-state index in [2.05, 4.69) is 20.9 Å². The van der Waals surface area contributed by atoms with Gasteiger partial charge in [-0.25, -0.2) is 4.98 Å². The Hall–Kier alpha value is -2.70. The number of amides is 1. The van der Waals surface area contributed by atoms with Gasteiger partial charge < -0.3 is 14.8 Å². The first kappa shape index (κ1) is 22.0. The number of likely N-dealkylation sites (N-methyl/N-ethyl adjacent to an activating group) is 1. The summed E-state index contributed by atoms with van der Waals surface area (Å²) in [7, 11) is 4.09. The lowest BCUT2D eigenvalue weighted by molar-refractivity contribution is -0.121. The van der Waals surface area contributed by atoms with Crippen LogP contribution in [0.5, 0.6) is 0 Å². The third kappa shape index (κ3) is 5.90. The molecule has 0 aliphatic rings. The van der Waals surface area contributed by atoms with E-state index in [1.165, 1.54) is 0 Å². The van der Waals surface area contributed by atoms with Gasteiger partial charge in [0.2, 0.25) is 5.91 Å². The van der Waals surface area contributed by atoms with Crippen molar-refractivity contribution in [2.45, 2.75) is 25.8 Å². The monoisotopic (exact) mass is 426 g/mol. The fraction of sp³-hybridized carbons (Fsp3) is 0.348. The molecule has 0 saturated heterocycles. The Bertz CT molecular complexity index is 1010. The van der Waals surface area contributed by atoms with Crippen LogP contribution in [0.2, 0.25) is 5.02 Å². The second-order valence-corrected chi connectivity index (χ2v) is 7.94. The number of aromatic nitrogens is 2. The first-order valence-electron chi connectivity index (χ1n) is 10.1. The summed E-state index contributed by atoms with van der Waals surface area (Å²) in [5.74, 6) is 0.760. The average molecular weight is 427 g/mol. The molecule has 1 N–H and O–H groups in total. The Morgan fingerprint density at radius 2 is 1.80 bits per heavy atom. The largest absolute Gasteiger partial charge is 0.356 e. The molecule has 6 nitrogen and oxygen atoms in total. The number of Topliss-reactive ketones (excluding diaryl/α,β-unsaturated/α-hetero) is 1. The number of halogens is 1. The molecule has 0 spiro atoms. The second-order valence-electron chi connectivity index (χ2n) is 7.50. The SMILES string of the molecule is CN(C)CCn1c(CCNC(=O)CCC(=O)c2ccc(Cl)cc2)nc2ccccc21. The first-order chi connectivity index (χ1) is 14.4. The normalized spacial score (nSPS) is 11.2. The average Bonchev–Trinajstić information content (AvgIpc) is 3.08. The van der Waals surface area contributed by atoms with Gasteiger partial charge in [0.05, 0.1) is 11.0 Å². The molecule has 1 amide bonds. The molecule has 2 aromatic carbocycles. The molecule has 0 aliphatic carbocycles. The third-order valence-electron chi connectivity index (χ3n) is 4.92. The minimum Gasteiger partial charge on any atom is -0.356 e. The Morgan fingerprint density at radius 1 is 1.07 bits per heavy atom. The molecule has 158 valence electrons. The third-order valence-corrected chi connectivity index (χ3v) is 5.17. The molecule has 0 aliphatic heterocycles. The number of imidazole rings is 1. The van der Waals surface area contributed by atoms with Crippen LogP contribution in [0.1, 0.15) is 29.0 Å². The van der Waals surface area contributed by atoms with Gasteiger partial charge in [0.25, 0.3) is 0 Å². The van der Waals surface area contributed by atoms with Gasteiger partial charge in [0.1, 0.15) is 5.82 Å². The fourth-order valence-corrected chi connectivity index (χ4v) is 3.40. The highest BCUT2D eigenvalue weighted by Crippen LogP contribution is 2.16. The molecule has 30 heavy (non-hydrogen) atoms. The highest BCUT2D eigenvalue weighted by atomic mass is 35.5. The van der Waals surface area contributed by atoms with Crippen molar-refractivity contribution in [1.82, 2.24) is 19.8 Å². The van der Waals surface area contributed by atoms with Crippen molar-refractivity contribution in [3.63, 3.8) is 0 Å². The Kier molecular flexibility index (Phi) is 7.60. The maximum Gasteiger partial charge on any atom is 0.220 e. The van der Waals surface area contributed by atoms with E-state index < -0.39 is 0 Å². The predicted molar refractivity (Wildman–Crippen MR) is 120 cm³/mol. The molecule has 0 unspecified atom stereocenters. The van der Waals surface area contributed by atoms with E-state index in [0.717, 1.165) is 29.9 Å². The fourth-order valence-electron chi connectivity index (χ4n) is 3.28. The molecule has 0 fully saturated rings. The maximum atomic E-state index is 12.2. The number of benzene rings is 2. The molecule has 3 rings (SSSR count). The lowest BCUT2D eigenvalue weighted by Gasteiger charge is -2.13. The molecule has 7 heteroatoms. The lowest BCUT2D eigenvalue weighted by atomic mass is 10.1. The summed E-state index contributed by atoms with van der Waals surface area (Å²) in [6, 6.07) is 14.8. The first-order valence-corrected chi connectivity index (χ1v) is 10.5. The Labute approximate surface area is 181 Å². The van der Waals surface area contributed by atoms with E-state index in [-0.39, 0.29) is 24.5 Å². The standard InChI is InChI=1S/C23H27ClN4O2/c1-27(2)15-16-28-20-6-4-3-5-19(20)26-22(28)13-14-25-23(30)12-11-21(29)17-7-9-18(24)10-8-17/h3-10H,11-16H2,1-2H3,(H,25,30). The number of ketones is 1. The van der Waals surface area contributed by atoms with Crippen molar-refractivity contribution in [2.75, 3.05) is 27.2 Å². The number of para-hydroxylation sites is 2. The zero-order valence-electron chi connectivity index (χ0n) is 17.4. The number of fused-ring (bicyclic) bond motifs is 1. The summed E-state index contributed by atoms with van der Waals surface area (Å²) in [6.45, 7) is 2.23. The van der Waals surface area contributed by atoms with Crippen LogP contribution in [0.4, 0.5) is 0 Å². The predicted octanol–water partition coefficient (Wildman–Crippen LogP) is 3.57. The van der Waals surface area contributed by atoms with Crippen LogP contribution in [0.3, 0.4) is 0 Å².